The minimum absolute atomic E-state index is 0.329. The van der Waals surface area contributed by atoms with Crippen LogP contribution in [0.5, 0.6) is 0 Å². The van der Waals surface area contributed by atoms with Crippen molar-refractivity contribution in [3.05, 3.63) is 12.8 Å². The molecule has 0 aromatic carbocycles. The van der Waals surface area contributed by atoms with E-state index in [0.717, 1.165) is 6.26 Å². The lowest BCUT2D eigenvalue weighted by atomic mass is 10.8. The minimum Gasteiger partial charge on any atom is -0.435 e. The Morgan fingerprint density at radius 1 is 1.27 bits per heavy atom. The van der Waals surface area contributed by atoms with E-state index < -0.39 is 25.3 Å². The molecule has 0 atom stereocenters. The predicted molar refractivity (Wildman–Crippen MR) is 49.9 cm³/mol. The van der Waals surface area contributed by atoms with Gasteiger partial charge in [0.2, 0.25) is 5.08 Å². The van der Waals surface area contributed by atoms with Crippen LogP contribution in [-0.4, -0.2) is 37.0 Å². The zero-order valence-corrected chi connectivity index (χ0v) is 9.28. The first-order chi connectivity index (χ1) is 6.48. The lowest BCUT2D eigenvalue weighted by molar-refractivity contribution is -0.135. The van der Waals surface area contributed by atoms with Gasteiger partial charge in [-0.15, -0.1) is 0 Å². The normalized spacial score (nSPS) is 10.9. The number of carbonyl (C=O) groups excluding carboxylic acids is 1. The first-order valence-corrected chi connectivity index (χ1v) is 6.38. The SMILES string of the molecule is C=COC(C)=O.O=S(=O)(O)CS(=O)(=O)O. The fourth-order valence-electron chi connectivity index (χ4n) is 0.306. The molecule has 0 amide bonds. The molecule has 0 aliphatic carbocycles. The van der Waals surface area contributed by atoms with Gasteiger partial charge in [-0.1, -0.05) is 6.58 Å². The summed E-state index contributed by atoms with van der Waals surface area (Å²) in [5.41, 5.74) is 0. The third-order valence-electron chi connectivity index (χ3n) is 0.547. The van der Waals surface area contributed by atoms with Crippen LogP contribution in [-0.2, 0) is 29.8 Å². The molecular weight excluding hydrogens is 252 g/mol. The molecule has 0 saturated carbocycles. The molecule has 90 valence electrons. The predicted octanol–water partition coefficient (Wildman–Crippen LogP) is -0.588. The van der Waals surface area contributed by atoms with Crippen molar-refractivity contribution in [3.63, 3.8) is 0 Å². The summed E-state index contributed by atoms with van der Waals surface area (Å²) in [7, 11) is -9.24. The molecule has 0 unspecified atom stereocenters. The first kappa shape index (κ1) is 16.5. The molecule has 0 saturated heterocycles. The highest BCUT2D eigenvalue weighted by molar-refractivity contribution is 8.02. The van der Waals surface area contributed by atoms with E-state index in [4.69, 9.17) is 9.11 Å². The van der Waals surface area contributed by atoms with Gasteiger partial charge >= 0.3 is 5.97 Å². The van der Waals surface area contributed by atoms with Crippen molar-refractivity contribution < 1.29 is 35.5 Å². The summed E-state index contributed by atoms with van der Waals surface area (Å²) >= 11 is 0. The van der Waals surface area contributed by atoms with Crippen LogP contribution in [0.4, 0.5) is 0 Å². The highest BCUT2D eigenvalue weighted by Gasteiger charge is 2.15. The molecule has 0 aromatic heterocycles. The van der Waals surface area contributed by atoms with Crippen LogP contribution in [0.3, 0.4) is 0 Å². The van der Waals surface area contributed by atoms with Gasteiger partial charge in [-0.3, -0.25) is 13.9 Å². The Hall–Kier alpha value is -0.970. The Balaban J connectivity index is 0. The summed E-state index contributed by atoms with van der Waals surface area (Å²) < 4.78 is 58.4. The molecule has 0 heterocycles. The van der Waals surface area contributed by atoms with E-state index in [1.807, 2.05) is 0 Å². The lowest BCUT2D eigenvalue weighted by Crippen LogP contribution is -2.13. The molecule has 0 spiro atoms. The molecule has 0 fully saturated rings. The topological polar surface area (TPSA) is 135 Å². The maximum atomic E-state index is 9.75. The molecule has 8 nitrogen and oxygen atoms in total. The van der Waals surface area contributed by atoms with Crippen LogP contribution in [0.15, 0.2) is 12.8 Å². The fourth-order valence-corrected chi connectivity index (χ4v) is 1.81. The maximum absolute atomic E-state index is 9.75. The Morgan fingerprint density at radius 2 is 1.60 bits per heavy atom. The van der Waals surface area contributed by atoms with Crippen LogP contribution in [0.1, 0.15) is 6.92 Å². The van der Waals surface area contributed by atoms with Crippen molar-refractivity contribution in [1.29, 1.82) is 0 Å². The van der Waals surface area contributed by atoms with E-state index in [2.05, 4.69) is 11.3 Å². The molecule has 0 aliphatic rings. The van der Waals surface area contributed by atoms with Gasteiger partial charge in [0.15, 0.2) is 0 Å². The third-order valence-corrected chi connectivity index (χ3v) is 2.93. The second kappa shape index (κ2) is 6.50. The van der Waals surface area contributed by atoms with Gasteiger partial charge in [0, 0.05) is 6.92 Å². The lowest BCUT2D eigenvalue weighted by Gasteiger charge is -1.89. The molecule has 0 aromatic rings. The van der Waals surface area contributed by atoms with Crippen molar-refractivity contribution in [2.75, 3.05) is 5.08 Å². The van der Waals surface area contributed by atoms with Gasteiger partial charge in [-0.2, -0.15) is 16.8 Å². The van der Waals surface area contributed by atoms with Gasteiger partial charge in [0.05, 0.1) is 6.26 Å². The van der Waals surface area contributed by atoms with E-state index in [1.54, 1.807) is 0 Å². The summed E-state index contributed by atoms with van der Waals surface area (Å²) in [6.07, 6.45) is 1.10. The smallest absolute Gasteiger partial charge is 0.307 e. The van der Waals surface area contributed by atoms with Gasteiger partial charge in [-0.05, 0) is 0 Å². The Bertz CT molecular complexity index is 372. The molecule has 15 heavy (non-hydrogen) atoms. The zero-order chi connectivity index (χ0) is 12.7. The fraction of sp³-hybridized carbons (Fsp3) is 0.400. The van der Waals surface area contributed by atoms with E-state index in [1.165, 1.54) is 6.92 Å². The molecule has 0 bridgehead atoms. The second-order valence-corrected chi connectivity index (χ2v) is 5.33. The van der Waals surface area contributed by atoms with Gasteiger partial charge in [0.25, 0.3) is 20.2 Å². The quantitative estimate of drug-likeness (QED) is 0.391. The van der Waals surface area contributed by atoms with Crippen LogP contribution in [0, 0.1) is 0 Å². The number of ether oxygens (including phenoxy) is 1. The van der Waals surface area contributed by atoms with E-state index >= 15 is 0 Å². The molecular formula is C5H10O8S2. The standard InChI is InChI=1S/C4H6O2.CH4O6S2/c1-3-6-4(2)5;2-8(3,4)1-9(5,6)7/h3H,1H2,2H3;1H2,(H,2,3,4)(H,5,6,7). The molecule has 2 N–H and O–H groups in total. The van der Waals surface area contributed by atoms with Crippen molar-refractivity contribution in [1.82, 2.24) is 0 Å². The largest absolute Gasteiger partial charge is 0.435 e. The molecule has 0 aliphatic heterocycles. The monoisotopic (exact) mass is 262 g/mol. The molecule has 10 heteroatoms. The van der Waals surface area contributed by atoms with Crippen LogP contribution in [0.25, 0.3) is 0 Å². The minimum atomic E-state index is -4.62. The second-order valence-electron chi connectivity index (χ2n) is 2.06. The number of hydrogen-bond donors (Lipinski definition) is 2. The maximum Gasteiger partial charge on any atom is 0.307 e. The summed E-state index contributed by atoms with van der Waals surface area (Å²) in [6, 6.07) is 0. The van der Waals surface area contributed by atoms with Crippen LogP contribution in [0.2, 0.25) is 0 Å². The number of rotatable bonds is 3. The van der Waals surface area contributed by atoms with Crippen molar-refractivity contribution >= 4 is 26.2 Å². The summed E-state index contributed by atoms with van der Waals surface area (Å²) in [5, 5.41) is -1.65. The van der Waals surface area contributed by atoms with E-state index in [-0.39, 0.29) is 5.97 Å². The van der Waals surface area contributed by atoms with Crippen LogP contribution < -0.4 is 0 Å². The Morgan fingerprint density at radius 3 is 1.60 bits per heavy atom. The molecule has 0 radical (unpaired) electrons. The van der Waals surface area contributed by atoms with Gasteiger partial charge < -0.3 is 4.74 Å². The number of esters is 1. The van der Waals surface area contributed by atoms with Gasteiger partial charge in [0.1, 0.15) is 0 Å². The summed E-state index contributed by atoms with van der Waals surface area (Å²) in [6.45, 7) is 4.48. The average molecular weight is 262 g/mol. The number of carbonyl (C=O) groups is 1. The van der Waals surface area contributed by atoms with Gasteiger partial charge in [-0.25, -0.2) is 0 Å². The van der Waals surface area contributed by atoms with E-state index in [9.17, 15) is 21.6 Å². The zero-order valence-electron chi connectivity index (χ0n) is 7.65. The summed E-state index contributed by atoms with van der Waals surface area (Å²) in [4.78, 5) is 9.75. The number of hydrogen-bond acceptors (Lipinski definition) is 6. The third kappa shape index (κ3) is 24.6. The van der Waals surface area contributed by atoms with E-state index in [0.29, 0.717) is 0 Å². The molecule has 0 rings (SSSR count). The Kier molecular flexibility index (Phi) is 7.13. The Labute approximate surface area is 87.0 Å². The summed E-state index contributed by atoms with van der Waals surface area (Å²) in [5.74, 6) is -0.329. The average Bonchev–Trinajstić information content (AvgIpc) is 1.77. The van der Waals surface area contributed by atoms with Crippen molar-refractivity contribution in [2.24, 2.45) is 0 Å². The van der Waals surface area contributed by atoms with Crippen molar-refractivity contribution in [3.8, 4) is 0 Å². The van der Waals surface area contributed by atoms with Crippen LogP contribution >= 0.6 is 0 Å². The van der Waals surface area contributed by atoms with Crippen molar-refractivity contribution in [2.45, 2.75) is 6.92 Å². The highest BCUT2D eigenvalue weighted by atomic mass is 32.3. The first-order valence-electron chi connectivity index (χ1n) is 3.16. The highest BCUT2D eigenvalue weighted by Crippen LogP contribution is 1.88.